The van der Waals surface area contributed by atoms with E-state index in [9.17, 15) is 26.3 Å². The summed E-state index contributed by atoms with van der Waals surface area (Å²) in [5, 5.41) is -1.17. The Bertz CT molecular complexity index is 663. The molecular weight excluding hydrogens is 385 g/mol. The van der Waals surface area contributed by atoms with E-state index in [2.05, 4.69) is 0 Å². The Hall–Kier alpha value is -1.05. The fourth-order valence-electron chi connectivity index (χ4n) is 1.85. The van der Waals surface area contributed by atoms with Crippen molar-refractivity contribution >= 4 is 35.0 Å². The number of alkyl halides is 6. The maximum Gasteiger partial charge on any atom is 0.418 e. The molecule has 0 unspecified atom stereocenters. The maximum absolute atomic E-state index is 13.1. The van der Waals surface area contributed by atoms with Gasteiger partial charge in [0.25, 0.3) is 0 Å². The number of hydrogen-bond acceptors (Lipinski definition) is 1. The van der Waals surface area contributed by atoms with Gasteiger partial charge >= 0.3 is 12.4 Å². The van der Waals surface area contributed by atoms with Crippen LogP contribution in [0, 0.1) is 0 Å². The lowest BCUT2D eigenvalue weighted by Crippen LogP contribution is -2.10. The van der Waals surface area contributed by atoms with Crippen molar-refractivity contribution in [3.63, 3.8) is 0 Å². The molecule has 124 valence electrons. The molecule has 2 rings (SSSR count). The van der Waals surface area contributed by atoms with Gasteiger partial charge in [-0.1, -0.05) is 47.1 Å². The third kappa shape index (κ3) is 4.08. The first-order valence-corrected chi connectivity index (χ1v) is 7.48. The van der Waals surface area contributed by atoms with Crippen molar-refractivity contribution in [3.05, 3.63) is 57.6 Å². The molecule has 9 heteroatoms. The standard InChI is InChI=1S/C14H6Cl2F6S/c15-7-3-1-5-9(11(7)13(17,18)19)23-10-6-2-4-8(16)12(10)14(20,21)22/h1-6H. The van der Waals surface area contributed by atoms with E-state index in [0.717, 1.165) is 24.3 Å². The molecule has 0 saturated heterocycles. The minimum atomic E-state index is -4.79. The SMILES string of the molecule is FC(F)(F)c1c(Cl)cccc1Sc1cccc(Cl)c1C(F)(F)F. The van der Waals surface area contributed by atoms with Crippen LogP contribution < -0.4 is 0 Å². The zero-order chi connectivity index (χ0) is 17.4. The van der Waals surface area contributed by atoms with E-state index in [1.807, 2.05) is 0 Å². The highest BCUT2D eigenvalue weighted by Crippen LogP contribution is 2.47. The maximum atomic E-state index is 13.1. The molecule has 23 heavy (non-hydrogen) atoms. The lowest BCUT2D eigenvalue weighted by atomic mass is 10.2. The quantitative estimate of drug-likeness (QED) is 0.489. The predicted molar refractivity (Wildman–Crippen MR) is 77.0 cm³/mol. The van der Waals surface area contributed by atoms with E-state index in [4.69, 9.17) is 23.2 Å². The molecule has 0 bridgehead atoms. The molecule has 0 amide bonds. The van der Waals surface area contributed by atoms with Gasteiger partial charge in [-0.3, -0.25) is 0 Å². The molecule has 0 spiro atoms. The van der Waals surface area contributed by atoms with Crippen LogP contribution >= 0.6 is 35.0 Å². The predicted octanol–water partition coefficient (Wildman–Crippen LogP) is 7.18. The van der Waals surface area contributed by atoms with Crippen molar-refractivity contribution in [1.82, 2.24) is 0 Å². The van der Waals surface area contributed by atoms with Crippen LogP contribution in [0.3, 0.4) is 0 Å². The summed E-state index contributed by atoms with van der Waals surface area (Å²) in [5.41, 5.74) is -2.36. The first-order chi connectivity index (χ1) is 10.5. The molecule has 0 atom stereocenters. The summed E-state index contributed by atoms with van der Waals surface area (Å²) in [6, 6.07) is 6.63. The monoisotopic (exact) mass is 390 g/mol. The fraction of sp³-hybridized carbons (Fsp3) is 0.143. The van der Waals surface area contributed by atoms with Crippen LogP contribution in [0.25, 0.3) is 0 Å². The molecule has 0 fully saturated rings. The molecule has 0 aromatic heterocycles. The van der Waals surface area contributed by atoms with Crippen LogP contribution in [0.1, 0.15) is 11.1 Å². The van der Waals surface area contributed by atoms with Crippen LogP contribution in [0.15, 0.2) is 46.2 Å². The first kappa shape index (κ1) is 18.3. The molecule has 0 nitrogen and oxygen atoms in total. The molecule has 0 radical (unpaired) electrons. The summed E-state index contributed by atoms with van der Waals surface area (Å²) in [5.74, 6) is 0. The van der Waals surface area contributed by atoms with Crippen LogP contribution in [0.5, 0.6) is 0 Å². The lowest BCUT2D eigenvalue weighted by molar-refractivity contribution is -0.140. The van der Waals surface area contributed by atoms with Crippen LogP contribution in [0.4, 0.5) is 26.3 Å². The second-order valence-corrected chi connectivity index (χ2v) is 6.22. The minimum Gasteiger partial charge on any atom is -0.166 e. The molecule has 0 N–H and O–H groups in total. The first-order valence-electron chi connectivity index (χ1n) is 5.91. The Balaban J connectivity index is 2.59. The van der Waals surface area contributed by atoms with Crippen molar-refractivity contribution in [3.8, 4) is 0 Å². The number of benzene rings is 2. The fourth-order valence-corrected chi connectivity index (χ4v) is 3.71. The summed E-state index contributed by atoms with van der Waals surface area (Å²) in [7, 11) is 0. The van der Waals surface area contributed by atoms with Gasteiger partial charge in [-0.05, 0) is 24.3 Å². The highest BCUT2D eigenvalue weighted by Gasteiger charge is 2.39. The summed E-state index contributed by atoms with van der Waals surface area (Å²) in [6.07, 6.45) is -9.59. The number of hydrogen-bond donors (Lipinski definition) is 0. The van der Waals surface area contributed by atoms with E-state index in [1.54, 1.807) is 0 Å². The highest BCUT2D eigenvalue weighted by molar-refractivity contribution is 7.99. The van der Waals surface area contributed by atoms with Crippen LogP contribution in [-0.2, 0) is 12.4 Å². The second-order valence-electron chi connectivity index (χ2n) is 4.32. The molecule has 2 aromatic rings. The summed E-state index contributed by atoms with van der Waals surface area (Å²) in [4.78, 5) is -0.865. The minimum absolute atomic E-state index is 0.314. The van der Waals surface area contributed by atoms with Gasteiger partial charge in [-0.15, -0.1) is 0 Å². The van der Waals surface area contributed by atoms with Gasteiger partial charge in [0, 0.05) is 9.79 Å². The van der Waals surface area contributed by atoms with Gasteiger partial charge in [0.1, 0.15) is 0 Å². The van der Waals surface area contributed by atoms with Crippen LogP contribution in [-0.4, -0.2) is 0 Å². The van der Waals surface area contributed by atoms with Crippen molar-refractivity contribution in [1.29, 1.82) is 0 Å². The molecule has 0 aliphatic heterocycles. The van der Waals surface area contributed by atoms with Gasteiger partial charge in [0.05, 0.1) is 21.2 Å². The summed E-state index contributed by atoms with van der Waals surface area (Å²) < 4.78 is 78.5. The number of halogens is 8. The van der Waals surface area contributed by atoms with Crippen molar-refractivity contribution in [2.24, 2.45) is 0 Å². The summed E-state index contributed by atoms with van der Waals surface area (Å²) in [6.45, 7) is 0. The van der Waals surface area contributed by atoms with E-state index < -0.39 is 43.3 Å². The Morgan fingerprint density at radius 3 is 1.30 bits per heavy atom. The smallest absolute Gasteiger partial charge is 0.166 e. The van der Waals surface area contributed by atoms with E-state index in [1.165, 1.54) is 12.1 Å². The molecular formula is C14H6Cl2F6S. The molecule has 2 aromatic carbocycles. The largest absolute Gasteiger partial charge is 0.418 e. The average Bonchev–Trinajstić information content (AvgIpc) is 2.35. The Morgan fingerprint density at radius 2 is 1.00 bits per heavy atom. The highest BCUT2D eigenvalue weighted by atomic mass is 35.5. The zero-order valence-electron chi connectivity index (χ0n) is 10.9. The van der Waals surface area contributed by atoms with Crippen molar-refractivity contribution < 1.29 is 26.3 Å². The molecule has 0 saturated carbocycles. The zero-order valence-corrected chi connectivity index (χ0v) is 13.2. The summed E-state index contributed by atoms with van der Waals surface area (Å²) >= 11 is 11.4. The molecule has 0 heterocycles. The third-order valence-electron chi connectivity index (χ3n) is 2.74. The molecule has 0 aliphatic rings. The van der Waals surface area contributed by atoms with E-state index >= 15 is 0 Å². The van der Waals surface area contributed by atoms with E-state index in [0.29, 0.717) is 11.8 Å². The lowest BCUT2D eigenvalue weighted by Gasteiger charge is -2.17. The topological polar surface area (TPSA) is 0 Å². The number of rotatable bonds is 2. The average molecular weight is 391 g/mol. The molecule has 0 aliphatic carbocycles. The van der Waals surface area contributed by atoms with Crippen LogP contribution in [0.2, 0.25) is 10.0 Å². The third-order valence-corrected chi connectivity index (χ3v) is 4.49. The van der Waals surface area contributed by atoms with Gasteiger partial charge in [-0.25, -0.2) is 0 Å². The van der Waals surface area contributed by atoms with Gasteiger partial charge in [0.15, 0.2) is 0 Å². The normalized spacial score (nSPS) is 12.5. The Labute approximate surface area is 141 Å². The van der Waals surface area contributed by atoms with E-state index in [-0.39, 0.29) is 0 Å². The Kier molecular flexibility index (Phi) is 5.13. The van der Waals surface area contributed by atoms with Gasteiger partial charge in [0.2, 0.25) is 0 Å². The second kappa shape index (κ2) is 6.45. The van der Waals surface area contributed by atoms with Crippen molar-refractivity contribution in [2.45, 2.75) is 22.1 Å². The van der Waals surface area contributed by atoms with Gasteiger partial charge in [-0.2, -0.15) is 26.3 Å². The Morgan fingerprint density at radius 1 is 0.652 bits per heavy atom. The van der Waals surface area contributed by atoms with Gasteiger partial charge < -0.3 is 0 Å². The van der Waals surface area contributed by atoms with Crippen molar-refractivity contribution in [2.75, 3.05) is 0 Å².